The van der Waals surface area contributed by atoms with E-state index in [1.807, 2.05) is 0 Å². The van der Waals surface area contributed by atoms with Crippen molar-refractivity contribution in [2.24, 2.45) is 11.8 Å². The van der Waals surface area contributed by atoms with Gasteiger partial charge in [0.05, 0.1) is 0 Å². The number of rotatable bonds is 2. The maximum Gasteiger partial charge on any atom is 4.00 e. The normalized spacial score (nSPS) is 20.2. The standard InChI is InChI=1S/C12H11Si.2C9H11.2ClH.Zr/c1-3-7-11(8-4-1)13-12-9-5-2-6-10-12;2*1-2-5-9-7-3-6-8(9)4-1;;;/h1-10,13H;2*1-2,4,6,9H,3,5,7H2;2*1H;/q;2*-1;;;+4/p-2. The van der Waals surface area contributed by atoms with Gasteiger partial charge in [0.2, 0.25) is 0 Å². The summed E-state index contributed by atoms with van der Waals surface area (Å²) in [5.74, 6) is 1.77. The van der Waals surface area contributed by atoms with Gasteiger partial charge in [-0.05, 0) is 24.7 Å². The average molecular weight is 584 g/mol. The van der Waals surface area contributed by atoms with Crippen LogP contribution in [-0.2, 0) is 26.2 Å². The molecule has 0 bridgehead atoms. The topological polar surface area (TPSA) is 0 Å². The molecular formula is C30H33Cl2SiZr. The minimum absolute atomic E-state index is 0. The van der Waals surface area contributed by atoms with Gasteiger partial charge < -0.3 is 24.8 Å². The molecule has 175 valence electrons. The number of halogens is 2. The van der Waals surface area contributed by atoms with Crippen molar-refractivity contribution >= 4 is 19.9 Å². The van der Waals surface area contributed by atoms with Crippen molar-refractivity contribution in [3.8, 4) is 0 Å². The molecule has 2 atom stereocenters. The Balaban J connectivity index is 0.000000249. The zero-order valence-electron chi connectivity index (χ0n) is 19.6. The van der Waals surface area contributed by atoms with Crippen molar-refractivity contribution < 1.29 is 51.0 Å². The van der Waals surface area contributed by atoms with Gasteiger partial charge in [-0.15, -0.1) is 37.1 Å². The molecule has 0 spiro atoms. The smallest absolute Gasteiger partial charge is 1.00 e. The van der Waals surface area contributed by atoms with Crippen LogP contribution in [0, 0.1) is 24.7 Å². The van der Waals surface area contributed by atoms with E-state index in [-0.39, 0.29) is 60.5 Å². The van der Waals surface area contributed by atoms with Gasteiger partial charge in [-0.1, -0.05) is 83.9 Å². The number of fused-ring (bicyclic) bond motifs is 2. The van der Waals surface area contributed by atoms with Crippen molar-refractivity contribution in [3.05, 3.63) is 121 Å². The van der Waals surface area contributed by atoms with E-state index in [2.05, 4.69) is 110 Å². The molecule has 4 aliphatic carbocycles. The summed E-state index contributed by atoms with van der Waals surface area (Å²) in [6, 6.07) is 21.3. The van der Waals surface area contributed by atoms with Crippen LogP contribution in [0.1, 0.15) is 38.5 Å². The summed E-state index contributed by atoms with van der Waals surface area (Å²) in [4.78, 5) is 0. The van der Waals surface area contributed by atoms with Crippen molar-refractivity contribution in [3.63, 3.8) is 0 Å². The third-order valence-electron chi connectivity index (χ3n) is 6.36. The molecule has 0 aliphatic heterocycles. The number of hydrogen-bond donors (Lipinski definition) is 0. The van der Waals surface area contributed by atoms with Crippen molar-refractivity contribution in [2.45, 2.75) is 38.5 Å². The summed E-state index contributed by atoms with van der Waals surface area (Å²) in [6.45, 7) is 0. The van der Waals surface area contributed by atoms with E-state index in [4.69, 9.17) is 0 Å². The van der Waals surface area contributed by atoms with E-state index in [9.17, 15) is 0 Å². The predicted molar refractivity (Wildman–Crippen MR) is 137 cm³/mol. The molecule has 2 unspecified atom stereocenters. The van der Waals surface area contributed by atoms with Crippen LogP contribution in [0.5, 0.6) is 0 Å². The van der Waals surface area contributed by atoms with E-state index < -0.39 is 0 Å². The first-order valence-corrected chi connectivity index (χ1v) is 12.9. The molecule has 2 aromatic carbocycles. The molecule has 4 heteroatoms. The van der Waals surface area contributed by atoms with Crippen LogP contribution < -0.4 is 35.2 Å². The molecule has 0 saturated heterocycles. The van der Waals surface area contributed by atoms with E-state index in [1.165, 1.54) is 48.9 Å². The largest absolute Gasteiger partial charge is 4.00 e. The quantitative estimate of drug-likeness (QED) is 0.347. The van der Waals surface area contributed by atoms with Crippen LogP contribution in [0.3, 0.4) is 0 Å². The third kappa shape index (κ3) is 9.82. The molecule has 6 rings (SSSR count). The Bertz CT molecular complexity index is 857. The van der Waals surface area contributed by atoms with E-state index in [0.717, 1.165) is 11.8 Å². The van der Waals surface area contributed by atoms with Crippen LogP contribution in [0.4, 0.5) is 0 Å². The monoisotopic (exact) mass is 581 g/mol. The molecular weight excluding hydrogens is 551 g/mol. The SMILES string of the molecule is C1=CCC2CC[CH-]C2=C1.C1=CCC2CC[CH-]C2=C1.[Cl-].[Cl-].[Zr+4].c1ccc([SiH]c2ccccc2)cc1. The van der Waals surface area contributed by atoms with Gasteiger partial charge in [-0.25, -0.2) is 36.1 Å². The van der Waals surface area contributed by atoms with Crippen LogP contribution >= 0.6 is 0 Å². The number of benzene rings is 2. The first-order chi connectivity index (χ1) is 15.4. The summed E-state index contributed by atoms with van der Waals surface area (Å²) >= 11 is 0. The predicted octanol–water partition coefficient (Wildman–Crippen LogP) is 0.0534. The Hall–Kier alpha value is -1.18. The minimum atomic E-state index is 0. The van der Waals surface area contributed by atoms with Crippen molar-refractivity contribution in [1.82, 2.24) is 0 Å². The summed E-state index contributed by atoms with van der Waals surface area (Å²) < 4.78 is 0. The van der Waals surface area contributed by atoms with Gasteiger partial charge in [0.25, 0.3) is 0 Å². The molecule has 34 heavy (non-hydrogen) atoms. The fraction of sp³-hybridized carbons (Fsp3) is 0.267. The van der Waals surface area contributed by atoms with Crippen LogP contribution in [0.2, 0.25) is 0 Å². The average Bonchev–Trinajstić information content (AvgIpc) is 3.51. The third-order valence-corrected chi connectivity index (χ3v) is 7.79. The summed E-state index contributed by atoms with van der Waals surface area (Å²) in [5.41, 5.74) is 3.16. The van der Waals surface area contributed by atoms with Gasteiger partial charge >= 0.3 is 26.2 Å². The molecule has 0 nitrogen and oxygen atoms in total. The van der Waals surface area contributed by atoms with Gasteiger partial charge in [0.1, 0.15) is 9.52 Å². The van der Waals surface area contributed by atoms with Crippen molar-refractivity contribution in [1.29, 1.82) is 0 Å². The second kappa shape index (κ2) is 17.3. The molecule has 4 aliphatic rings. The number of allylic oxidation sites excluding steroid dienone is 8. The van der Waals surface area contributed by atoms with Gasteiger partial charge in [-0.2, -0.15) is 0 Å². The first-order valence-electron chi connectivity index (χ1n) is 11.7. The van der Waals surface area contributed by atoms with Crippen molar-refractivity contribution in [2.75, 3.05) is 0 Å². The summed E-state index contributed by atoms with van der Waals surface area (Å²) in [7, 11) is 0.271. The maximum absolute atomic E-state index is 2.37. The van der Waals surface area contributed by atoms with Gasteiger partial charge in [0.15, 0.2) is 0 Å². The Morgan fingerprint density at radius 3 is 1.41 bits per heavy atom. The zero-order valence-corrected chi connectivity index (χ0v) is 24.7. The second-order valence-electron chi connectivity index (χ2n) is 8.58. The Kier molecular flexibility index (Phi) is 15.7. The fourth-order valence-corrected chi connectivity index (χ4v) is 5.83. The van der Waals surface area contributed by atoms with Crippen LogP contribution in [-0.4, -0.2) is 9.52 Å². The summed E-state index contributed by atoms with van der Waals surface area (Å²) in [5, 5.41) is 2.90. The van der Waals surface area contributed by atoms with E-state index in [1.54, 1.807) is 11.1 Å². The molecule has 0 amide bonds. The van der Waals surface area contributed by atoms with Gasteiger partial charge in [-0.3, -0.25) is 0 Å². The fourth-order valence-electron chi connectivity index (χ4n) is 4.62. The molecule has 2 fully saturated rings. The maximum atomic E-state index is 2.37. The zero-order chi connectivity index (χ0) is 21.1. The summed E-state index contributed by atoms with van der Waals surface area (Å²) in [6.07, 6.45) is 26.1. The molecule has 0 N–H and O–H groups in total. The molecule has 0 heterocycles. The second-order valence-corrected chi connectivity index (χ2v) is 10.2. The molecule has 0 aromatic heterocycles. The molecule has 1 radical (unpaired) electrons. The van der Waals surface area contributed by atoms with E-state index in [0.29, 0.717) is 0 Å². The van der Waals surface area contributed by atoms with E-state index >= 15 is 0 Å². The Morgan fingerprint density at radius 1 is 0.618 bits per heavy atom. The van der Waals surface area contributed by atoms with Crippen LogP contribution in [0.15, 0.2) is 108 Å². The minimum Gasteiger partial charge on any atom is -1.00 e. The Labute approximate surface area is 240 Å². The molecule has 2 saturated carbocycles. The first kappa shape index (κ1) is 30.9. The molecule has 2 aromatic rings. The number of hydrogen-bond acceptors (Lipinski definition) is 0. The van der Waals surface area contributed by atoms with Crippen LogP contribution in [0.25, 0.3) is 0 Å². The van der Waals surface area contributed by atoms with Gasteiger partial charge in [0, 0.05) is 0 Å². The Morgan fingerprint density at radius 2 is 1.03 bits per heavy atom.